The largest absolute Gasteiger partial charge is 0.282 e. The van der Waals surface area contributed by atoms with Gasteiger partial charge < -0.3 is 0 Å². The molecule has 0 radical (unpaired) electrons. The van der Waals surface area contributed by atoms with Gasteiger partial charge in [-0.2, -0.15) is 5.10 Å². The maximum Gasteiger partial charge on any atom is 0.0923 e. The van der Waals surface area contributed by atoms with E-state index in [1.165, 1.54) is 23.8 Å². The minimum Gasteiger partial charge on any atom is -0.282 e. The predicted octanol–water partition coefficient (Wildman–Crippen LogP) is 3.99. The Morgan fingerprint density at radius 2 is 1.80 bits per heavy atom. The van der Waals surface area contributed by atoms with Crippen LogP contribution in [0.25, 0.3) is 10.9 Å². The summed E-state index contributed by atoms with van der Waals surface area (Å²) in [5, 5.41) is 8.32. The minimum atomic E-state index is 1.05. The number of rotatable bonds is 1. The Bertz CT molecular complexity index is 413. The van der Waals surface area contributed by atoms with Crippen LogP contribution in [0.1, 0.15) is 37.9 Å². The van der Waals surface area contributed by atoms with Crippen molar-refractivity contribution in [2.45, 2.75) is 40.5 Å². The molecule has 0 saturated heterocycles. The molecule has 82 valence electrons. The molecule has 2 aromatic rings. The summed E-state index contributed by atoms with van der Waals surface area (Å²) in [6, 6.07) is 6.25. The third-order valence-corrected chi connectivity index (χ3v) is 2.40. The maximum absolute atomic E-state index is 4.13. The summed E-state index contributed by atoms with van der Waals surface area (Å²) in [5.41, 5.74) is 3.47. The molecule has 0 unspecified atom stereocenters. The number of aromatic amines is 1. The minimum absolute atomic E-state index is 1.05. The summed E-state index contributed by atoms with van der Waals surface area (Å²) in [5.74, 6) is 0. The van der Waals surface area contributed by atoms with Gasteiger partial charge in [0.05, 0.1) is 5.52 Å². The normalized spacial score (nSPS) is 9.87. The molecule has 1 aromatic heterocycles. The second-order valence-electron chi connectivity index (χ2n) is 3.87. The van der Waals surface area contributed by atoms with Crippen LogP contribution in [0.4, 0.5) is 0 Å². The van der Waals surface area contributed by atoms with Gasteiger partial charge >= 0.3 is 0 Å². The maximum atomic E-state index is 4.13. The number of hydrogen-bond donors (Lipinski definition) is 1. The van der Waals surface area contributed by atoms with Crippen LogP contribution in [0, 0.1) is 13.8 Å². The van der Waals surface area contributed by atoms with Crippen LogP contribution < -0.4 is 0 Å². The van der Waals surface area contributed by atoms with E-state index in [1.54, 1.807) is 0 Å². The van der Waals surface area contributed by atoms with Crippen LogP contribution in [0.5, 0.6) is 0 Å². The van der Waals surface area contributed by atoms with Crippen LogP contribution in [0.2, 0.25) is 0 Å². The van der Waals surface area contributed by atoms with Crippen molar-refractivity contribution in [1.82, 2.24) is 10.2 Å². The average Bonchev–Trinajstić information content (AvgIpc) is 2.61. The Labute approximate surface area is 91.7 Å². The summed E-state index contributed by atoms with van der Waals surface area (Å²) in [4.78, 5) is 0. The highest BCUT2D eigenvalue weighted by atomic mass is 15.1. The summed E-state index contributed by atoms with van der Waals surface area (Å²) >= 11 is 0. The third-order valence-electron chi connectivity index (χ3n) is 2.40. The lowest BCUT2D eigenvalue weighted by Gasteiger charge is -1.91. The van der Waals surface area contributed by atoms with E-state index < -0.39 is 0 Å². The van der Waals surface area contributed by atoms with Crippen LogP contribution in [0.15, 0.2) is 18.2 Å². The first kappa shape index (κ1) is 11.8. The Morgan fingerprint density at radius 3 is 2.40 bits per heavy atom. The van der Waals surface area contributed by atoms with Gasteiger partial charge in [0, 0.05) is 11.1 Å². The zero-order valence-corrected chi connectivity index (χ0v) is 10.1. The molecule has 0 aliphatic carbocycles. The Kier molecular flexibility index (Phi) is 4.35. The molecule has 0 bridgehead atoms. The molecule has 15 heavy (non-hydrogen) atoms. The number of nitrogens with zero attached hydrogens (tertiary/aromatic N) is 1. The number of aromatic nitrogens is 2. The van der Waals surface area contributed by atoms with Crippen molar-refractivity contribution in [1.29, 1.82) is 0 Å². The van der Waals surface area contributed by atoms with Gasteiger partial charge in [-0.3, -0.25) is 5.10 Å². The van der Waals surface area contributed by atoms with Gasteiger partial charge in [0.15, 0.2) is 0 Å². The second-order valence-corrected chi connectivity index (χ2v) is 3.87. The first-order valence-corrected chi connectivity index (χ1v) is 5.60. The predicted molar refractivity (Wildman–Crippen MR) is 66.1 cm³/mol. The molecule has 1 heterocycles. The summed E-state index contributed by atoms with van der Waals surface area (Å²) in [6.45, 7) is 8.49. The van der Waals surface area contributed by atoms with Gasteiger partial charge in [-0.1, -0.05) is 38.3 Å². The van der Waals surface area contributed by atoms with Crippen LogP contribution in [-0.2, 0) is 0 Å². The number of hydrogen-bond acceptors (Lipinski definition) is 1. The molecule has 0 aliphatic rings. The van der Waals surface area contributed by atoms with Crippen molar-refractivity contribution in [3.8, 4) is 0 Å². The number of fused-ring (bicyclic) bond motifs is 1. The van der Waals surface area contributed by atoms with E-state index in [0.29, 0.717) is 0 Å². The van der Waals surface area contributed by atoms with E-state index in [9.17, 15) is 0 Å². The second kappa shape index (κ2) is 5.54. The van der Waals surface area contributed by atoms with Crippen LogP contribution in [0.3, 0.4) is 0 Å². The molecule has 2 nitrogen and oxygen atoms in total. The van der Waals surface area contributed by atoms with E-state index in [4.69, 9.17) is 0 Å². The SMILES string of the molecule is CCCC.Cc1ccc2n[nH]c(C)c2c1. The van der Waals surface area contributed by atoms with Crippen molar-refractivity contribution < 1.29 is 0 Å². The number of benzene rings is 1. The smallest absolute Gasteiger partial charge is 0.0923 e. The number of unbranched alkanes of at least 4 members (excludes halogenated alkanes) is 1. The van der Waals surface area contributed by atoms with E-state index in [2.05, 4.69) is 43.1 Å². The molecule has 0 saturated carbocycles. The summed E-state index contributed by atoms with van der Waals surface area (Å²) in [6.07, 6.45) is 2.64. The fraction of sp³-hybridized carbons (Fsp3) is 0.462. The molecule has 0 atom stereocenters. The van der Waals surface area contributed by atoms with E-state index in [-0.39, 0.29) is 0 Å². The molecule has 2 rings (SSSR count). The highest BCUT2D eigenvalue weighted by Crippen LogP contribution is 2.15. The van der Waals surface area contributed by atoms with Gasteiger partial charge in [0.25, 0.3) is 0 Å². The highest BCUT2D eigenvalue weighted by molar-refractivity contribution is 5.81. The van der Waals surface area contributed by atoms with Gasteiger partial charge in [-0.05, 0) is 26.0 Å². The van der Waals surface area contributed by atoms with Crippen LogP contribution in [-0.4, -0.2) is 10.2 Å². The first-order chi connectivity index (χ1) is 7.19. The molecule has 1 aromatic carbocycles. The molecule has 0 aliphatic heterocycles. The highest BCUT2D eigenvalue weighted by Gasteiger charge is 1.98. The Balaban J connectivity index is 0.000000245. The van der Waals surface area contributed by atoms with Crippen molar-refractivity contribution in [3.05, 3.63) is 29.5 Å². The number of nitrogens with one attached hydrogen (secondary N) is 1. The fourth-order valence-corrected chi connectivity index (χ4v) is 1.25. The van der Waals surface area contributed by atoms with Crippen molar-refractivity contribution in [3.63, 3.8) is 0 Å². The standard InChI is InChI=1S/C9H10N2.C4H10/c1-6-3-4-9-8(5-6)7(2)10-11-9;1-3-4-2/h3-5H,1-2H3,(H,10,11);3-4H2,1-2H3. The van der Waals surface area contributed by atoms with Crippen molar-refractivity contribution in [2.75, 3.05) is 0 Å². The van der Waals surface area contributed by atoms with E-state index in [1.807, 2.05) is 13.0 Å². The molecular weight excluding hydrogens is 184 g/mol. The lowest BCUT2D eigenvalue weighted by molar-refractivity contribution is 0.886. The molecule has 0 fully saturated rings. The van der Waals surface area contributed by atoms with Gasteiger partial charge in [0.1, 0.15) is 0 Å². The molecular formula is C13H20N2. The first-order valence-electron chi connectivity index (χ1n) is 5.60. The quantitative estimate of drug-likeness (QED) is 0.747. The number of aryl methyl sites for hydroxylation is 2. The molecule has 0 spiro atoms. The van der Waals surface area contributed by atoms with Crippen molar-refractivity contribution >= 4 is 10.9 Å². The topological polar surface area (TPSA) is 28.7 Å². The zero-order chi connectivity index (χ0) is 11.3. The number of H-pyrrole nitrogens is 1. The third kappa shape index (κ3) is 3.08. The molecule has 1 N–H and O–H groups in total. The lowest BCUT2D eigenvalue weighted by Crippen LogP contribution is -1.72. The monoisotopic (exact) mass is 204 g/mol. The molecule has 2 heteroatoms. The van der Waals surface area contributed by atoms with Crippen molar-refractivity contribution in [2.24, 2.45) is 0 Å². The Morgan fingerprint density at radius 1 is 1.13 bits per heavy atom. The summed E-state index contributed by atoms with van der Waals surface area (Å²) in [7, 11) is 0. The van der Waals surface area contributed by atoms with Gasteiger partial charge in [-0.25, -0.2) is 0 Å². The lowest BCUT2D eigenvalue weighted by atomic mass is 10.1. The van der Waals surface area contributed by atoms with E-state index in [0.717, 1.165) is 11.2 Å². The summed E-state index contributed by atoms with van der Waals surface area (Å²) < 4.78 is 0. The van der Waals surface area contributed by atoms with E-state index >= 15 is 0 Å². The van der Waals surface area contributed by atoms with Gasteiger partial charge in [-0.15, -0.1) is 0 Å². The molecule has 0 amide bonds. The van der Waals surface area contributed by atoms with Crippen LogP contribution >= 0.6 is 0 Å². The zero-order valence-electron chi connectivity index (χ0n) is 10.1. The van der Waals surface area contributed by atoms with Gasteiger partial charge in [0.2, 0.25) is 0 Å². The Hall–Kier alpha value is -1.31. The average molecular weight is 204 g/mol. The fourth-order valence-electron chi connectivity index (χ4n) is 1.25.